The molecule has 1 amide bonds. The molecule has 0 heterocycles. The van der Waals surface area contributed by atoms with Gasteiger partial charge in [0.05, 0.1) is 6.61 Å². The summed E-state index contributed by atoms with van der Waals surface area (Å²) < 4.78 is 4.97. The maximum absolute atomic E-state index is 11.3. The summed E-state index contributed by atoms with van der Waals surface area (Å²) in [6, 6.07) is 0.190. The Bertz CT molecular complexity index is 194. The average molecular weight is 244 g/mol. The van der Waals surface area contributed by atoms with Crippen molar-refractivity contribution in [3.8, 4) is 0 Å². The van der Waals surface area contributed by atoms with Crippen molar-refractivity contribution in [3.05, 3.63) is 0 Å². The molecular weight excluding hydrogens is 216 g/mol. The third-order valence-electron chi connectivity index (χ3n) is 2.81. The molecule has 4 nitrogen and oxygen atoms in total. The average Bonchev–Trinajstić information content (AvgIpc) is 2.32. The Kier molecular flexibility index (Phi) is 9.92. The predicted molar refractivity (Wildman–Crippen MR) is 71.3 cm³/mol. The normalized spacial score (nSPS) is 12.5. The third kappa shape index (κ3) is 8.98. The van der Waals surface area contributed by atoms with Gasteiger partial charge < -0.3 is 15.0 Å². The molecule has 0 aliphatic rings. The number of alkyl carbamates (subject to hydrolysis) is 1. The fraction of sp³-hybridized carbons (Fsp3) is 0.923. The van der Waals surface area contributed by atoms with E-state index in [9.17, 15) is 4.79 Å². The molecule has 1 unspecified atom stereocenters. The summed E-state index contributed by atoms with van der Waals surface area (Å²) in [5, 5.41) is 2.84. The van der Waals surface area contributed by atoms with E-state index in [1.807, 2.05) is 13.8 Å². The largest absolute Gasteiger partial charge is 0.450 e. The van der Waals surface area contributed by atoms with Crippen molar-refractivity contribution in [3.63, 3.8) is 0 Å². The first-order valence-electron chi connectivity index (χ1n) is 6.79. The Morgan fingerprint density at radius 3 is 2.47 bits per heavy atom. The highest BCUT2D eigenvalue weighted by atomic mass is 16.5. The highest BCUT2D eigenvalue weighted by Crippen LogP contribution is 2.00. The first-order valence-corrected chi connectivity index (χ1v) is 6.79. The lowest BCUT2D eigenvalue weighted by atomic mass is 10.2. The van der Waals surface area contributed by atoms with Crippen LogP contribution in [0.5, 0.6) is 0 Å². The van der Waals surface area contributed by atoms with Gasteiger partial charge in [-0.15, -0.1) is 0 Å². The van der Waals surface area contributed by atoms with Crippen molar-refractivity contribution < 1.29 is 9.53 Å². The molecule has 0 aromatic rings. The molecule has 0 saturated carbocycles. The highest BCUT2D eigenvalue weighted by molar-refractivity contribution is 5.67. The summed E-state index contributed by atoms with van der Waals surface area (Å²) >= 11 is 0. The molecule has 17 heavy (non-hydrogen) atoms. The summed E-state index contributed by atoms with van der Waals surface area (Å²) in [4.78, 5) is 13.7. The molecular formula is C13H28N2O2. The minimum Gasteiger partial charge on any atom is -0.450 e. The molecule has 0 aliphatic heterocycles. The van der Waals surface area contributed by atoms with Crippen LogP contribution in [0.25, 0.3) is 0 Å². The van der Waals surface area contributed by atoms with E-state index in [0.29, 0.717) is 6.61 Å². The van der Waals surface area contributed by atoms with Crippen LogP contribution in [-0.2, 0) is 4.74 Å². The number of amides is 1. The Hall–Kier alpha value is -0.770. The van der Waals surface area contributed by atoms with Crippen molar-refractivity contribution in [1.82, 2.24) is 10.2 Å². The molecule has 4 heteroatoms. The summed E-state index contributed by atoms with van der Waals surface area (Å²) in [7, 11) is 0. The number of carbonyl (C=O) groups is 1. The number of nitrogens with zero attached hydrogens (tertiary/aromatic N) is 1. The molecule has 1 atom stereocenters. The number of hydrogen-bond donors (Lipinski definition) is 1. The quantitative estimate of drug-likeness (QED) is 0.678. The van der Waals surface area contributed by atoms with Crippen molar-refractivity contribution in [2.45, 2.75) is 53.0 Å². The van der Waals surface area contributed by atoms with Gasteiger partial charge >= 0.3 is 6.09 Å². The molecule has 0 aromatic carbocycles. The van der Waals surface area contributed by atoms with E-state index < -0.39 is 0 Å². The van der Waals surface area contributed by atoms with Gasteiger partial charge in [0.2, 0.25) is 0 Å². The zero-order chi connectivity index (χ0) is 13.1. The maximum Gasteiger partial charge on any atom is 0.407 e. The summed E-state index contributed by atoms with van der Waals surface area (Å²) in [6.45, 7) is 12.1. The van der Waals surface area contributed by atoms with Crippen LogP contribution in [0.1, 0.15) is 47.0 Å². The van der Waals surface area contributed by atoms with Gasteiger partial charge in [-0.25, -0.2) is 4.79 Å². The number of hydrogen-bond acceptors (Lipinski definition) is 3. The van der Waals surface area contributed by atoms with E-state index in [1.165, 1.54) is 0 Å². The lowest BCUT2D eigenvalue weighted by Gasteiger charge is -2.19. The van der Waals surface area contributed by atoms with Crippen LogP contribution in [0, 0.1) is 0 Å². The lowest BCUT2D eigenvalue weighted by Crippen LogP contribution is -2.34. The molecule has 0 radical (unpaired) electrons. The number of carbonyl (C=O) groups excluding carboxylic acids is 1. The number of rotatable bonds is 9. The molecule has 0 fully saturated rings. The van der Waals surface area contributed by atoms with Crippen molar-refractivity contribution >= 4 is 6.09 Å². The van der Waals surface area contributed by atoms with Crippen LogP contribution in [0.2, 0.25) is 0 Å². The summed E-state index contributed by atoms with van der Waals surface area (Å²) in [5.74, 6) is 0. The minimum absolute atomic E-state index is 0.190. The van der Waals surface area contributed by atoms with E-state index in [0.717, 1.165) is 38.9 Å². The summed E-state index contributed by atoms with van der Waals surface area (Å²) in [6.07, 6.45) is 2.68. The van der Waals surface area contributed by atoms with Crippen LogP contribution in [0.4, 0.5) is 4.79 Å². The fourth-order valence-electron chi connectivity index (χ4n) is 1.67. The van der Waals surface area contributed by atoms with Crippen LogP contribution < -0.4 is 5.32 Å². The number of nitrogens with one attached hydrogen (secondary N) is 1. The second-order valence-corrected chi connectivity index (χ2v) is 4.35. The topological polar surface area (TPSA) is 41.6 Å². The van der Waals surface area contributed by atoms with Crippen molar-refractivity contribution in [2.24, 2.45) is 0 Å². The predicted octanol–water partition coefficient (Wildman–Crippen LogP) is 2.63. The molecule has 102 valence electrons. The first kappa shape index (κ1) is 16.2. The van der Waals surface area contributed by atoms with Gasteiger partial charge in [0.15, 0.2) is 0 Å². The highest BCUT2D eigenvalue weighted by Gasteiger charge is 2.08. The van der Waals surface area contributed by atoms with Crippen LogP contribution in [0.15, 0.2) is 0 Å². The van der Waals surface area contributed by atoms with Crippen LogP contribution in [0.3, 0.4) is 0 Å². The maximum atomic E-state index is 11.3. The Labute approximate surface area is 106 Å². The molecule has 0 aliphatic carbocycles. The standard InChI is InChI=1S/C13H28N2O2/c1-5-11-17-13(16)14-12(4)9-8-10-15(6-2)7-3/h12H,5-11H2,1-4H3,(H,14,16). The van der Waals surface area contributed by atoms with Crippen LogP contribution in [-0.4, -0.2) is 43.3 Å². The van der Waals surface area contributed by atoms with Crippen molar-refractivity contribution in [1.29, 1.82) is 0 Å². The monoisotopic (exact) mass is 244 g/mol. The van der Waals surface area contributed by atoms with Crippen LogP contribution >= 0.6 is 0 Å². The fourth-order valence-corrected chi connectivity index (χ4v) is 1.67. The van der Waals surface area contributed by atoms with E-state index in [2.05, 4.69) is 24.1 Å². The second kappa shape index (κ2) is 10.4. The van der Waals surface area contributed by atoms with E-state index >= 15 is 0 Å². The molecule has 0 rings (SSSR count). The Morgan fingerprint density at radius 2 is 1.94 bits per heavy atom. The Morgan fingerprint density at radius 1 is 1.29 bits per heavy atom. The number of ether oxygens (including phenoxy) is 1. The third-order valence-corrected chi connectivity index (χ3v) is 2.81. The molecule has 0 bridgehead atoms. The lowest BCUT2D eigenvalue weighted by molar-refractivity contribution is 0.142. The van der Waals surface area contributed by atoms with E-state index in [4.69, 9.17) is 4.74 Å². The van der Waals surface area contributed by atoms with Gasteiger partial charge in [-0.2, -0.15) is 0 Å². The first-order chi connectivity index (χ1) is 8.13. The van der Waals surface area contributed by atoms with Crippen molar-refractivity contribution in [2.75, 3.05) is 26.2 Å². The smallest absolute Gasteiger partial charge is 0.407 e. The van der Waals surface area contributed by atoms with E-state index in [1.54, 1.807) is 0 Å². The molecule has 0 aromatic heterocycles. The molecule has 0 saturated heterocycles. The Balaban J connectivity index is 3.58. The van der Waals surface area contributed by atoms with Gasteiger partial charge in [-0.05, 0) is 45.8 Å². The molecule has 0 spiro atoms. The minimum atomic E-state index is -0.290. The second-order valence-electron chi connectivity index (χ2n) is 4.35. The molecule has 1 N–H and O–H groups in total. The zero-order valence-electron chi connectivity index (χ0n) is 11.8. The SMILES string of the molecule is CCCOC(=O)NC(C)CCCN(CC)CC. The van der Waals surface area contributed by atoms with Gasteiger partial charge in [0.1, 0.15) is 0 Å². The summed E-state index contributed by atoms with van der Waals surface area (Å²) in [5.41, 5.74) is 0. The van der Waals surface area contributed by atoms with Gasteiger partial charge in [-0.3, -0.25) is 0 Å². The van der Waals surface area contributed by atoms with Gasteiger partial charge in [-0.1, -0.05) is 20.8 Å². The van der Waals surface area contributed by atoms with E-state index in [-0.39, 0.29) is 12.1 Å². The zero-order valence-corrected chi connectivity index (χ0v) is 11.8. The van der Waals surface area contributed by atoms with Gasteiger partial charge in [0.25, 0.3) is 0 Å². The van der Waals surface area contributed by atoms with Gasteiger partial charge in [0, 0.05) is 6.04 Å².